The molecular weight excluding hydrogens is 312 g/mol. The average Bonchev–Trinajstić information content (AvgIpc) is 2.96. The van der Waals surface area contributed by atoms with Crippen molar-refractivity contribution in [3.05, 3.63) is 28.5 Å². The quantitative estimate of drug-likeness (QED) is 0.844. The van der Waals surface area contributed by atoms with Gasteiger partial charge in [0.15, 0.2) is 0 Å². The zero-order valence-corrected chi connectivity index (χ0v) is 11.7. The molecule has 2 aliphatic rings. The van der Waals surface area contributed by atoms with Gasteiger partial charge in [-0.15, -0.1) is 0 Å². The molecule has 3 atom stereocenters. The molecule has 0 aromatic carbocycles. The Bertz CT molecular complexity index is 548. The van der Waals surface area contributed by atoms with Crippen LogP contribution in [0.15, 0.2) is 22.9 Å². The van der Waals surface area contributed by atoms with Crippen LogP contribution in [0.2, 0.25) is 0 Å². The first-order valence-electron chi connectivity index (χ1n) is 6.25. The van der Waals surface area contributed by atoms with Crippen LogP contribution in [0.25, 0.3) is 0 Å². The lowest BCUT2D eigenvalue weighted by atomic mass is 9.89. The number of rotatable bonds is 2. The van der Waals surface area contributed by atoms with Gasteiger partial charge in [-0.2, -0.15) is 0 Å². The number of amides is 1. The third kappa shape index (κ3) is 1.94. The Labute approximate surface area is 118 Å². The van der Waals surface area contributed by atoms with Crippen LogP contribution in [0.4, 0.5) is 0 Å². The number of carboxylic acid groups (broad SMARTS) is 1. The molecule has 19 heavy (non-hydrogen) atoms. The zero-order valence-electron chi connectivity index (χ0n) is 10.1. The van der Waals surface area contributed by atoms with Crippen molar-refractivity contribution >= 4 is 27.8 Å². The molecule has 1 aromatic rings. The van der Waals surface area contributed by atoms with Gasteiger partial charge in [-0.1, -0.05) is 0 Å². The minimum atomic E-state index is -0.796. The minimum absolute atomic E-state index is 0.0608. The molecule has 2 fully saturated rings. The topological polar surface area (TPSA) is 70.5 Å². The van der Waals surface area contributed by atoms with E-state index in [2.05, 4.69) is 20.9 Å². The highest BCUT2D eigenvalue weighted by molar-refractivity contribution is 9.10. The predicted molar refractivity (Wildman–Crippen MR) is 70.7 cm³/mol. The van der Waals surface area contributed by atoms with Gasteiger partial charge >= 0.3 is 5.97 Å². The van der Waals surface area contributed by atoms with Crippen LogP contribution >= 0.6 is 15.9 Å². The molecule has 1 N–H and O–H groups in total. The summed E-state index contributed by atoms with van der Waals surface area (Å²) in [7, 11) is 0. The number of pyridine rings is 1. The number of carbonyl (C=O) groups excluding carboxylic acids is 1. The lowest BCUT2D eigenvalue weighted by molar-refractivity contribution is -0.142. The number of hydrogen-bond donors (Lipinski definition) is 1. The van der Waals surface area contributed by atoms with E-state index < -0.39 is 11.9 Å². The minimum Gasteiger partial charge on any atom is -0.481 e. The Morgan fingerprint density at radius 1 is 1.42 bits per heavy atom. The fourth-order valence-electron chi connectivity index (χ4n) is 3.26. The number of hydrogen-bond acceptors (Lipinski definition) is 3. The smallest absolute Gasteiger partial charge is 0.308 e. The van der Waals surface area contributed by atoms with Crippen LogP contribution in [0.1, 0.15) is 29.6 Å². The fourth-order valence-corrected chi connectivity index (χ4v) is 3.68. The van der Waals surface area contributed by atoms with E-state index in [1.54, 1.807) is 23.2 Å². The Balaban J connectivity index is 1.90. The number of aromatic nitrogens is 1. The summed E-state index contributed by atoms with van der Waals surface area (Å²) in [5.41, 5.74) is 0.505. The van der Waals surface area contributed by atoms with Crippen LogP contribution in [-0.2, 0) is 4.79 Å². The fraction of sp³-hybridized carbons (Fsp3) is 0.462. The molecule has 0 saturated carbocycles. The van der Waals surface area contributed by atoms with E-state index in [1.165, 1.54) is 0 Å². The van der Waals surface area contributed by atoms with E-state index >= 15 is 0 Å². The second-order valence-corrected chi connectivity index (χ2v) is 5.78. The number of aliphatic carboxylic acids is 1. The Hall–Kier alpha value is -1.43. The standard InChI is InChI=1S/C13H13BrN2O3/c14-11-8(2-1-5-15-11)12(17)16-7-3-4-10(16)9(6-7)13(18)19/h1-2,5,7,9-10H,3-4,6H2,(H,18,19). The second kappa shape index (κ2) is 4.59. The highest BCUT2D eigenvalue weighted by atomic mass is 79.9. The van der Waals surface area contributed by atoms with Gasteiger partial charge in [0.2, 0.25) is 0 Å². The van der Waals surface area contributed by atoms with Crippen molar-refractivity contribution in [2.75, 3.05) is 0 Å². The summed E-state index contributed by atoms with van der Waals surface area (Å²) in [4.78, 5) is 29.6. The van der Waals surface area contributed by atoms with Crippen molar-refractivity contribution in [2.45, 2.75) is 31.3 Å². The summed E-state index contributed by atoms with van der Waals surface area (Å²) < 4.78 is 0.512. The largest absolute Gasteiger partial charge is 0.481 e. The first kappa shape index (κ1) is 12.6. The number of fused-ring (bicyclic) bond motifs is 2. The molecule has 0 aliphatic carbocycles. The maximum absolute atomic E-state index is 12.6. The van der Waals surface area contributed by atoms with Crippen LogP contribution in [0, 0.1) is 5.92 Å². The van der Waals surface area contributed by atoms with Crippen molar-refractivity contribution in [3.8, 4) is 0 Å². The zero-order chi connectivity index (χ0) is 13.6. The van der Waals surface area contributed by atoms with Gasteiger partial charge in [-0.05, 0) is 47.3 Å². The predicted octanol–water partition coefficient (Wildman–Crippen LogP) is 1.92. The van der Waals surface area contributed by atoms with Gasteiger partial charge in [0.25, 0.3) is 5.91 Å². The highest BCUT2D eigenvalue weighted by Gasteiger charge is 2.51. The molecule has 2 saturated heterocycles. The van der Waals surface area contributed by atoms with E-state index in [0.29, 0.717) is 16.6 Å². The van der Waals surface area contributed by atoms with Gasteiger partial charge < -0.3 is 10.0 Å². The highest BCUT2D eigenvalue weighted by Crippen LogP contribution is 2.42. The molecule has 2 aliphatic heterocycles. The van der Waals surface area contributed by atoms with Gasteiger partial charge in [0.05, 0.1) is 11.5 Å². The van der Waals surface area contributed by atoms with Crippen molar-refractivity contribution in [1.29, 1.82) is 0 Å². The summed E-state index contributed by atoms with van der Waals surface area (Å²) in [6.07, 6.45) is 3.87. The van der Waals surface area contributed by atoms with E-state index in [9.17, 15) is 14.7 Å². The lowest BCUT2D eigenvalue weighted by Gasteiger charge is -2.23. The molecule has 2 bridgehead atoms. The number of nitrogens with zero attached hydrogens (tertiary/aromatic N) is 2. The second-order valence-electron chi connectivity index (χ2n) is 5.03. The van der Waals surface area contributed by atoms with Crippen molar-refractivity contribution in [1.82, 2.24) is 9.88 Å². The Kier molecular flexibility index (Phi) is 3.05. The maximum atomic E-state index is 12.6. The van der Waals surface area contributed by atoms with Crippen LogP contribution in [-0.4, -0.2) is 39.0 Å². The monoisotopic (exact) mass is 324 g/mol. The lowest BCUT2D eigenvalue weighted by Crippen LogP contribution is -2.38. The normalized spacial score (nSPS) is 28.7. The van der Waals surface area contributed by atoms with E-state index in [-0.39, 0.29) is 18.0 Å². The number of carboxylic acids is 1. The summed E-state index contributed by atoms with van der Waals surface area (Å²) in [5.74, 6) is -1.33. The summed E-state index contributed by atoms with van der Waals surface area (Å²) in [6, 6.07) is 3.32. The van der Waals surface area contributed by atoms with E-state index in [4.69, 9.17) is 0 Å². The first-order chi connectivity index (χ1) is 9.09. The summed E-state index contributed by atoms with van der Waals surface area (Å²) in [5, 5.41) is 9.20. The van der Waals surface area contributed by atoms with E-state index in [1.807, 2.05) is 0 Å². The Morgan fingerprint density at radius 2 is 2.21 bits per heavy atom. The SMILES string of the molecule is O=C(O)C1CC2CCC1N2C(=O)c1cccnc1Br. The van der Waals surface area contributed by atoms with Crippen LogP contribution in [0.5, 0.6) is 0 Å². The molecule has 5 nitrogen and oxygen atoms in total. The van der Waals surface area contributed by atoms with Gasteiger partial charge in [-0.25, -0.2) is 4.98 Å². The Morgan fingerprint density at radius 3 is 2.84 bits per heavy atom. The summed E-state index contributed by atoms with van der Waals surface area (Å²) in [6.45, 7) is 0. The third-order valence-electron chi connectivity index (χ3n) is 4.08. The molecule has 6 heteroatoms. The molecule has 1 aromatic heterocycles. The maximum Gasteiger partial charge on any atom is 0.308 e. The molecule has 100 valence electrons. The van der Waals surface area contributed by atoms with Crippen LogP contribution < -0.4 is 0 Å². The molecule has 3 unspecified atom stereocenters. The van der Waals surface area contributed by atoms with Gasteiger partial charge in [-0.3, -0.25) is 9.59 Å². The molecule has 1 amide bonds. The van der Waals surface area contributed by atoms with Crippen molar-refractivity contribution in [2.24, 2.45) is 5.92 Å². The van der Waals surface area contributed by atoms with Crippen molar-refractivity contribution in [3.63, 3.8) is 0 Å². The van der Waals surface area contributed by atoms with Crippen LogP contribution in [0.3, 0.4) is 0 Å². The van der Waals surface area contributed by atoms with Gasteiger partial charge in [0.1, 0.15) is 4.60 Å². The number of carbonyl (C=O) groups is 2. The molecule has 0 radical (unpaired) electrons. The number of halogens is 1. The molecule has 3 heterocycles. The average molecular weight is 325 g/mol. The molecular formula is C13H13BrN2O3. The van der Waals surface area contributed by atoms with E-state index in [0.717, 1.165) is 12.8 Å². The summed E-state index contributed by atoms with van der Waals surface area (Å²) >= 11 is 3.27. The van der Waals surface area contributed by atoms with Crippen molar-refractivity contribution < 1.29 is 14.7 Å². The molecule has 3 rings (SSSR count). The third-order valence-corrected chi connectivity index (χ3v) is 4.71. The molecule has 0 spiro atoms. The van der Waals surface area contributed by atoms with Gasteiger partial charge in [0, 0.05) is 18.3 Å². The first-order valence-corrected chi connectivity index (χ1v) is 7.05.